The maximum absolute atomic E-state index is 12.3. The van der Waals surface area contributed by atoms with Gasteiger partial charge in [0.2, 0.25) is 0 Å². The molecule has 2 aromatic rings. The highest BCUT2D eigenvalue weighted by Crippen LogP contribution is 2.22. The van der Waals surface area contributed by atoms with E-state index in [1.807, 2.05) is 0 Å². The molecular formula is C16H13N3O5. The Morgan fingerprint density at radius 3 is 2.17 bits per heavy atom. The number of imide groups is 1. The van der Waals surface area contributed by atoms with Crippen LogP contribution in [0.2, 0.25) is 0 Å². The second kappa shape index (κ2) is 5.73. The van der Waals surface area contributed by atoms with Gasteiger partial charge in [-0.2, -0.15) is 0 Å². The van der Waals surface area contributed by atoms with Crippen molar-refractivity contribution in [2.45, 2.75) is 13.5 Å². The molecule has 1 aromatic heterocycles. The first kappa shape index (κ1) is 15.6. The fourth-order valence-electron chi connectivity index (χ4n) is 2.67. The van der Waals surface area contributed by atoms with Crippen LogP contribution in [0.4, 0.5) is 5.69 Å². The van der Waals surface area contributed by atoms with Crippen LogP contribution in [0.1, 0.15) is 26.3 Å². The molecule has 24 heavy (non-hydrogen) atoms. The van der Waals surface area contributed by atoms with Crippen LogP contribution in [0, 0.1) is 17.0 Å². The van der Waals surface area contributed by atoms with E-state index in [1.54, 1.807) is 24.3 Å². The molecule has 3 rings (SSSR count). The number of nitro groups is 1. The summed E-state index contributed by atoms with van der Waals surface area (Å²) in [6, 6.07) is 7.64. The van der Waals surface area contributed by atoms with Gasteiger partial charge in [0.25, 0.3) is 23.1 Å². The number of carbonyl (C=O) groups is 2. The monoisotopic (exact) mass is 327 g/mol. The Labute approximate surface area is 136 Å². The number of carbonyl (C=O) groups excluding carboxylic acids is 2. The first-order valence-electron chi connectivity index (χ1n) is 7.21. The molecule has 0 spiro atoms. The van der Waals surface area contributed by atoms with Gasteiger partial charge in [-0.15, -0.1) is 0 Å². The minimum absolute atomic E-state index is 0.00851. The molecule has 0 saturated carbocycles. The quantitative estimate of drug-likeness (QED) is 0.479. The third kappa shape index (κ3) is 2.47. The first-order valence-corrected chi connectivity index (χ1v) is 7.21. The third-order valence-corrected chi connectivity index (χ3v) is 3.94. The second-order valence-corrected chi connectivity index (χ2v) is 5.44. The highest BCUT2D eigenvalue weighted by Gasteiger charge is 2.34. The van der Waals surface area contributed by atoms with E-state index in [0.29, 0.717) is 11.1 Å². The molecule has 1 aromatic carbocycles. The van der Waals surface area contributed by atoms with Crippen LogP contribution in [0.15, 0.2) is 41.3 Å². The zero-order valence-corrected chi connectivity index (χ0v) is 12.8. The van der Waals surface area contributed by atoms with Crippen molar-refractivity contribution in [3.63, 3.8) is 0 Å². The fraction of sp³-hybridized carbons (Fsp3) is 0.188. The fourth-order valence-corrected chi connectivity index (χ4v) is 2.67. The summed E-state index contributed by atoms with van der Waals surface area (Å²) in [7, 11) is 0. The lowest BCUT2D eigenvalue weighted by Gasteiger charge is -2.14. The first-order chi connectivity index (χ1) is 11.4. The summed E-state index contributed by atoms with van der Waals surface area (Å²) in [6.07, 6.45) is 1.13. The topological polar surface area (TPSA) is 103 Å². The lowest BCUT2D eigenvalue weighted by atomic mass is 10.1. The van der Waals surface area contributed by atoms with Crippen molar-refractivity contribution in [1.29, 1.82) is 0 Å². The van der Waals surface area contributed by atoms with E-state index >= 15 is 0 Å². The highest BCUT2D eigenvalue weighted by atomic mass is 16.6. The van der Waals surface area contributed by atoms with Gasteiger partial charge in [-0.05, 0) is 19.1 Å². The van der Waals surface area contributed by atoms with Crippen LogP contribution >= 0.6 is 0 Å². The van der Waals surface area contributed by atoms with Gasteiger partial charge in [-0.1, -0.05) is 12.1 Å². The molecule has 0 saturated heterocycles. The molecular weight excluding hydrogens is 314 g/mol. The average Bonchev–Trinajstić information content (AvgIpc) is 2.78. The molecule has 2 amide bonds. The predicted octanol–water partition coefficient (Wildman–Crippen LogP) is 1.36. The molecule has 0 fully saturated rings. The van der Waals surface area contributed by atoms with Crippen LogP contribution in [-0.2, 0) is 6.54 Å². The molecule has 122 valence electrons. The molecule has 0 radical (unpaired) electrons. The molecule has 8 heteroatoms. The number of hydrogen-bond acceptors (Lipinski definition) is 5. The molecule has 0 N–H and O–H groups in total. The molecule has 0 aliphatic carbocycles. The van der Waals surface area contributed by atoms with E-state index < -0.39 is 22.3 Å². The smallest absolute Gasteiger partial charge is 0.288 e. The van der Waals surface area contributed by atoms with E-state index in [0.717, 1.165) is 15.7 Å². The molecule has 1 aliphatic heterocycles. The Morgan fingerprint density at radius 1 is 1.04 bits per heavy atom. The van der Waals surface area contributed by atoms with Gasteiger partial charge in [-0.25, -0.2) is 0 Å². The minimum atomic E-state index is -0.576. The van der Waals surface area contributed by atoms with E-state index in [4.69, 9.17) is 0 Å². The van der Waals surface area contributed by atoms with Gasteiger partial charge < -0.3 is 4.57 Å². The predicted molar refractivity (Wildman–Crippen MR) is 83.9 cm³/mol. The highest BCUT2D eigenvalue weighted by molar-refractivity contribution is 6.21. The summed E-state index contributed by atoms with van der Waals surface area (Å²) in [5.74, 6) is -0.851. The standard InChI is InChI=1S/C16H13N3O5/c1-10-8-14(20)17(9-13(10)19(23)24)6-7-18-15(21)11-4-2-3-5-12(11)16(18)22/h2-5,8-9H,6-7H2,1H3. The molecule has 0 unspecified atom stereocenters. The summed E-state index contributed by atoms with van der Waals surface area (Å²) in [5, 5.41) is 11.0. The number of rotatable bonds is 4. The van der Waals surface area contributed by atoms with Gasteiger partial charge in [0.15, 0.2) is 0 Å². The molecule has 1 aliphatic rings. The number of aromatic nitrogens is 1. The van der Waals surface area contributed by atoms with E-state index in [1.165, 1.54) is 13.0 Å². The van der Waals surface area contributed by atoms with Crippen LogP contribution < -0.4 is 5.56 Å². The number of amides is 2. The van der Waals surface area contributed by atoms with Crippen molar-refractivity contribution >= 4 is 17.5 Å². The summed E-state index contributed by atoms with van der Waals surface area (Å²) in [5.41, 5.74) is 0.308. The maximum Gasteiger partial charge on any atom is 0.288 e. The number of hydrogen-bond donors (Lipinski definition) is 0. The number of fused-ring (bicyclic) bond motifs is 1. The number of benzene rings is 1. The van der Waals surface area contributed by atoms with Gasteiger partial charge in [-0.3, -0.25) is 29.4 Å². The summed E-state index contributed by atoms with van der Waals surface area (Å²) >= 11 is 0. The van der Waals surface area contributed by atoms with Gasteiger partial charge in [0, 0.05) is 24.7 Å². The normalized spacial score (nSPS) is 13.3. The summed E-state index contributed by atoms with van der Waals surface area (Å²) in [4.78, 5) is 47.9. The largest absolute Gasteiger partial charge is 0.307 e. The maximum atomic E-state index is 12.3. The van der Waals surface area contributed by atoms with Crippen molar-refractivity contribution in [1.82, 2.24) is 9.47 Å². The molecule has 2 heterocycles. The number of pyridine rings is 1. The number of aryl methyl sites for hydroxylation is 1. The minimum Gasteiger partial charge on any atom is -0.307 e. The van der Waals surface area contributed by atoms with Crippen LogP contribution in [0.25, 0.3) is 0 Å². The van der Waals surface area contributed by atoms with E-state index in [9.17, 15) is 24.5 Å². The zero-order chi connectivity index (χ0) is 17.4. The SMILES string of the molecule is Cc1cc(=O)n(CCN2C(=O)c3ccccc3C2=O)cc1[N+](=O)[O-]. The number of nitrogens with zero attached hydrogens (tertiary/aromatic N) is 3. The Morgan fingerprint density at radius 2 is 1.62 bits per heavy atom. The Bertz CT molecular complexity index is 897. The molecule has 0 atom stereocenters. The lowest BCUT2D eigenvalue weighted by Crippen LogP contribution is -2.35. The van der Waals surface area contributed by atoms with Crippen molar-refractivity contribution in [3.05, 3.63) is 73.7 Å². The Balaban J connectivity index is 1.84. The van der Waals surface area contributed by atoms with Crippen molar-refractivity contribution in [2.75, 3.05) is 6.54 Å². The Kier molecular flexibility index (Phi) is 3.72. The van der Waals surface area contributed by atoms with Gasteiger partial charge in [0.05, 0.1) is 22.2 Å². The van der Waals surface area contributed by atoms with Crippen LogP contribution in [-0.4, -0.2) is 32.7 Å². The Hall–Kier alpha value is -3.29. The van der Waals surface area contributed by atoms with Crippen molar-refractivity contribution < 1.29 is 14.5 Å². The second-order valence-electron chi connectivity index (χ2n) is 5.44. The average molecular weight is 327 g/mol. The van der Waals surface area contributed by atoms with Crippen LogP contribution in [0.3, 0.4) is 0 Å². The van der Waals surface area contributed by atoms with E-state index in [2.05, 4.69) is 0 Å². The van der Waals surface area contributed by atoms with Crippen molar-refractivity contribution in [3.8, 4) is 0 Å². The van der Waals surface area contributed by atoms with Gasteiger partial charge in [0.1, 0.15) is 0 Å². The third-order valence-electron chi connectivity index (χ3n) is 3.94. The van der Waals surface area contributed by atoms with Crippen LogP contribution in [0.5, 0.6) is 0 Å². The lowest BCUT2D eigenvalue weighted by molar-refractivity contribution is -0.385. The summed E-state index contributed by atoms with van der Waals surface area (Å²) in [6.45, 7) is 1.44. The van der Waals surface area contributed by atoms with Gasteiger partial charge >= 0.3 is 0 Å². The summed E-state index contributed by atoms with van der Waals surface area (Å²) < 4.78 is 1.13. The van der Waals surface area contributed by atoms with Crippen molar-refractivity contribution in [2.24, 2.45) is 0 Å². The molecule has 0 bridgehead atoms. The molecule has 8 nitrogen and oxygen atoms in total. The zero-order valence-electron chi connectivity index (χ0n) is 12.8. The van der Waals surface area contributed by atoms with E-state index in [-0.39, 0.29) is 24.3 Å².